The van der Waals surface area contributed by atoms with Crippen molar-refractivity contribution in [2.24, 2.45) is 4.75 Å². The standard InChI is InChI=1S/C2H9NSe2/c1-5(2,3)4/h5H,1-2H3,(H2,3,4). The maximum atomic E-state index is 5.47. The fourth-order valence-corrected chi connectivity index (χ4v) is 0. The van der Waals surface area contributed by atoms with E-state index in [4.69, 9.17) is 4.75 Å². The third kappa shape index (κ3) is 45.1. The van der Waals surface area contributed by atoms with E-state index in [1.807, 2.05) is 0 Å². The van der Waals surface area contributed by atoms with Gasteiger partial charge in [-0.05, 0) is 0 Å². The first-order valence-electron chi connectivity index (χ1n) is 1.34. The van der Waals surface area contributed by atoms with Crippen molar-refractivity contribution in [2.75, 3.05) is 0 Å². The second kappa shape index (κ2) is 1.63. The Kier molecular flexibility index (Phi) is 1.96. The summed E-state index contributed by atoms with van der Waals surface area (Å²) in [6.45, 7) is 0. The Labute approximate surface area is 41.0 Å². The molecule has 3 heteroatoms. The molecule has 0 rings (SSSR count). The number of hydrogen-bond acceptors (Lipinski definition) is 1. The predicted molar refractivity (Wildman–Crippen MR) is 28.8 cm³/mol. The average molecular weight is 205 g/mol. The molecule has 0 unspecified atom stereocenters. The van der Waals surface area contributed by atoms with Gasteiger partial charge in [-0.25, -0.2) is 0 Å². The third-order valence-electron chi connectivity index (χ3n) is 0. The molecule has 0 aromatic carbocycles. The van der Waals surface area contributed by atoms with Gasteiger partial charge in [0.05, 0.1) is 0 Å². The molecular formula is C2H9NSe2. The molecule has 2 N–H and O–H groups in total. The van der Waals surface area contributed by atoms with Crippen molar-refractivity contribution >= 4 is 24.4 Å². The zero-order chi connectivity index (χ0) is 4.50. The molecule has 0 aliphatic rings. The predicted octanol–water partition coefficient (Wildman–Crippen LogP) is -0.452. The Morgan fingerprint density at radius 3 is 1.60 bits per heavy atom. The van der Waals surface area contributed by atoms with Gasteiger partial charge >= 0.3 is 40.8 Å². The van der Waals surface area contributed by atoms with Crippen LogP contribution < -0.4 is 4.75 Å². The molecule has 5 heavy (non-hydrogen) atoms. The van der Waals surface area contributed by atoms with E-state index in [0.29, 0.717) is 0 Å². The van der Waals surface area contributed by atoms with Crippen molar-refractivity contribution in [1.29, 1.82) is 0 Å². The van der Waals surface area contributed by atoms with Crippen molar-refractivity contribution < 1.29 is 0 Å². The molecule has 0 spiro atoms. The summed E-state index contributed by atoms with van der Waals surface area (Å²) in [5.41, 5.74) is 0. The van der Waals surface area contributed by atoms with Gasteiger partial charge in [-0.1, -0.05) is 0 Å². The number of nitrogens with two attached hydrogens (primary N) is 1. The van der Waals surface area contributed by atoms with Gasteiger partial charge in [0.2, 0.25) is 0 Å². The zero-order valence-electron chi connectivity index (χ0n) is 3.43. The molecule has 0 heterocycles. The molecule has 0 bridgehead atoms. The first kappa shape index (κ1) is 6.00. The van der Waals surface area contributed by atoms with E-state index >= 15 is 0 Å². The van der Waals surface area contributed by atoms with Crippen molar-refractivity contribution in [1.82, 2.24) is 0 Å². The Hall–Kier alpha value is 0.999. The molecule has 0 amide bonds. The quantitative estimate of drug-likeness (QED) is 0.532. The monoisotopic (exact) mass is 207 g/mol. The van der Waals surface area contributed by atoms with Crippen molar-refractivity contribution in [3.8, 4) is 0 Å². The minimum atomic E-state index is -1.50. The van der Waals surface area contributed by atoms with Crippen LogP contribution in [0.2, 0.25) is 11.6 Å². The van der Waals surface area contributed by atoms with E-state index in [9.17, 15) is 0 Å². The molecule has 0 saturated carbocycles. The van der Waals surface area contributed by atoms with Gasteiger partial charge in [0.25, 0.3) is 0 Å². The molecule has 0 aromatic heterocycles. The molecule has 1 nitrogen and oxygen atoms in total. The second-order valence-corrected chi connectivity index (χ2v) is 17.7. The average Bonchev–Trinajstić information content (AvgIpc) is 0.722. The van der Waals surface area contributed by atoms with Crippen LogP contribution in [0.3, 0.4) is 0 Å². The van der Waals surface area contributed by atoms with Crippen LogP contribution in [0.4, 0.5) is 0 Å². The van der Waals surface area contributed by atoms with E-state index in [0.717, 1.165) is 0 Å². The summed E-state index contributed by atoms with van der Waals surface area (Å²) in [6.07, 6.45) is 0. The maximum absolute atomic E-state index is 5.47. The van der Waals surface area contributed by atoms with Crippen LogP contribution in [0, 0.1) is 0 Å². The summed E-state index contributed by atoms with van der Waals surface area (Å²) >= 11 is 2.93. The summed E-state index contributed by atoms with van der Waals surface area (Å²) in [5.74, 6) is 4.16. The molecule has 0 aliphatic carbocycles. The van der Waals surface area contributed by atoms with E-state index in [2.05, 4.69) is 25.3 Å². The van der Waals surface area contributed by atoms with Crippen LogP contribution in [0.5, 0.6) is 0 Å². The van der Waals surface area contributed by atoms with E-state index in [1.165, 1.54) is 0 Å². The van der Waals surface area contributed by atoms with Crippen LogP contribution in [0.15, 0.2) is 0 Å². The molecule has 0 radical (unpaired) electrons. The second-order valence-electron chi connectivity index (χ2n) is 1.43. The van der Waals surface area contributed by atoms with Crippen LogP contribution >= 0.6 is 0 Å². The topological polar surface area (TPSA) is 26.0 Å². The van der Waals surface area contributed by atoms with Crippen molar-refractivity contribution in [3.63, 3.8) is 0 Å². The number of hydrogen-bond donors (Lipinski definition) is 1. The summed E-state index contributed by atoms with van der Waals surface area (Å²) in [6, 6.07) is 0. The van der Waals surface area contributed by atoms with Gasteiger partial charge in [0.1, 0.15) is 0 Å². The Morgan fingerprint density at radius 1 is 1.60 bits per heavy atom. The SMILES string of the molecule is C[SeH](C)(N)=[Se]. The molecule has 0 aromatic rings. The molecule has 0 atom stereocenters. The fraction of sp³-hybridized carbons (Fsp3) is 1.00. The first-order valence-corrected chi connectivity index (χ1v) is 10.9. The third-order valence-corrected chi connectivity index (χ3v) is 0. The van der Waals surface area contributed by atoms with E-state index in [1.54, 1.807) is 0 Å². The summed E-state index contributed by atoms with van der Waals surface area (Å²) < 4.78 is 5.47. The summed E-state index contributed by atoms with van der Waals surface area (Å²) in [4.78, 5) is 0. The van der Waals surface area contributed by atoms with Crippen LogP contribution in [0.1, 0.15) is 0 Å². The molecule has 34 valence electrons. The zero-order valence-corrected chi connectivity index (χ0v) is 7.02. The molecular weight excluding hydrogens is 196 g/mol. The van der Waals surface area contributed by atoms with E-state index < -0.39 is 10.7 Å². The Bertz CT molecular complexity index is 53.8. The van der Waals surface area contributed by atoms with Gasteiger partial charge in [-0.15, -0.1) is 0 Å². The van der Waals surface area contributed by atoms with Crippen molar-refractivity contribution in [2.45, 2.75) is 11.6 Å². The summed E-state index contributed by atoms with van der Waals surface area (Å²) in [5, 5.41) is 0. The van der Waals surface area contributed by atoms with Gasteiger partial charge in [-0.2, -0.15) is 0 Å². The molecule has 0 saturated heterocycles. The number of rotatable bonds is 0. The fourth-order valence-electron chi connectivity index (χ4n) is 0. The normalized spacial score (nSPS) is 15.0. The summed E-state index contributed by atoms with van der Waals surface area (Å²) in [7, 11) is -1.50. The van der Waals surface area contributed by atoms with Gasteiger partial charge < -0.3 is 0 Å². The Morgan fingerprint density at radius 2 is 1.60 bits per heavy atom. The van der Waals surface area contributed by atoms with Gasteiger partial charge in [-0.3, -0.25) is 0 Å². The van der Waals surface area contributed by atoms with Crippen LogP contribution in [0.25, 0.3) is 0 Å². The molecule has 0 aliphatic heterocycles. The van der Waals surface area contributed by atoms with Gasteiger partial charge in [0, 0.05) is 0 Å². The first-order chi connectivity index (χ1) is 2.00. The van der Waals surface area contributed by atoms with Gasteiger partial charge in [0.15, 0.2) is 0 Å². The van der Waals surface area contributed by atoms with Crippen LogP contribution in [-0.2, 0) is 0 Å². The minimum absolute atomic E-state index is 1.50. The Balaban J connectivity index is 3.47. The molecule has 0 fully saturated rings. The van der Waals surface area contributed by atoms with E-state index in [-0.39, 0.29) is 0 Å². The van der Waals surface area contributed by atoms with Crippen LogP contribution in [-0.4, -0.2) is 24.4 Å². The van der Waals surface area contributed by atoms with Crippen molar-refractivity contribution in [3.05, 3.63) is 0 Å².